The number of pyridine rings is 2. The second kappa shape index (κ2) is 6.41. The van der Waals surface area contributed by atoms with Crippen molar-refractivity contribution in [3.8, 4) is 0 Å². The summed E-state index contributed by atoms with van der Waals surface area (Å²) in [6.45, 7) is 7.16. The maximum atomic E-state index is 6.18. The van der Waals surface area contributed by atoms with E-state index in [1.807, 2.05) is 18.5 Å². The molecule has 110 valence electrons. The van der Waals surface area contributed by atoms with Crippen LogP contribution in [0.5, 0.6) is 0 Å². The number of piperazine rings is 1. The molecule has 21 heavy (non-hydrogen) atoms. The predicted octanol–water partition coefficient (Wildman–Crippen LogP) is 2.76. The molecule has 1 aliphatic heterocycles. The van der Waals surface area contributed by atoms with Gasteiger partial charge in [0.05, 0.1) is 5.02 Å². The third kappa shape index (κ3) is 3.34. The van der Waals surface area contributed by atoms with Crippen LogP contribution >= 0.6 is 11.6 Å². The molecular weight excluding hydrogens is 284 g/mol. The molecule has 4 nitrogen and oxygen atoms in total. The minimum atomic E-state index is 0.755. The Hall–Kier alpha value is -1.65. The van der Waals surface area contributed by atoms with Crippen molar-refractivity contribution >= 4 is 17.3 Å². The van der Waals surface area contributed by atoms with Gasteiger partial charge in [0, 0.05) is 63.2 Å². The highest BCUT2D eigenvalue weighted by molar-refractivity contribution is 6.31. The Bertz CT molecular complexity index is 609. The maximum Gasteiger partial charge on any atom is 0.0634 e. The normalized spacial score (nSPS) is 16.2. The molecule has 3 rings (SSSR count). The van der Waals surface area contributed by atoms with Gasteiger partial charge in [-0.2, -0.15) is 0 Å². The molecule has 0 aliphatic carbocycles. The first kappa shape index (κ1) is 14.3. The first-order chi connectivity index (χ1) is 10.2. The molecule has 0 spiro atoms. The van der Waals surface area contributed by atoms with Gasteiger partial charge in [-0.15, -0.1) is 0 Å². The highest BCUT2D eigenvalue weighted by atomic mass is 35.5. The van der Waals surface area contributed by atoms with Gasteiger partial charge in [-0.25, -0.2) is 0 Å². The van der Waals surface area contributed by atoms with E-state index in [0.717, 1.165) is 43.3 Å². The van der Waals surface area contributed by atoms with E-state index in [4.69, 9.17) is 11.6 Å². The molecule has 0 unspecified atom stereocenters. The average Bonchev–Trinajstić information content (AvgIpc) is 2.51. The Morgan fingerprint density at radius 2 is 1.76 bits per heavy atom. The molecule has 3 heterocycles. The molecule has 1 fully saturated rings. The van der Waals surface area contributed by atoms with Gasteiger partial charge < -0.3 is 4.90 Å². The molecule has 0 radical (unpaired) electrons. The highest BCUT2D eigenvalue weighted by Gasteiger charge is 2.19. The van der Waals surface area contributed by atoms with Crippen molar-refractivity contribution in [2.24, 2.45) is 0 Å². The lowest BCUT2D eigenvalue weighted by Crippen LogP contribution is -2.46. The molecule has 0 aromatic carbocycles. The Kier molecular flexibility index (Phi) is 4.36. The topological polar surface area (TPSA) is 32.3 Å². The van der Waals surface area contributed by atoms with Crippen molar-refractivity contribution in [3.63, 3.8) is 0 Å². The van der Waals surface area contributed by atoms with Crippen LogP contribution in [0, 0.1) is 6.92 Å². The Morgan fingerprint density at radius 3 is 2.48 bits per heavy atom. The van der Waals surface area contributed by atoms with Gasteiger partial charge in [0.1, 0.15) is 0 Å². The number of hydrogen-bond donors (Lipinski definition) is 0. The molecule has 0 atom stereocenters. The summed E-state index contributed by atoms with van der Waals surface area (Å²) in [5.41, 5.74) is 3.69. The van der Waals surface area contributed by atoms with Crippen molar-refractivity contribution < 1.29 is 0 Å². The van der Waals surface area contributed by atoms with Gasteiger partial charge in [0.2, 0.25) is 0 Å². The number of aromatic nitrogens is 2. The fourth-order valence-electron chi connectivity index (χ4n) is 2.74. The van der Waals surface area contributed by atoms with E-state index >= 15 is 0 Å². The van der Waals surface area contributed by atoms with Crippen LogP contribution in [0.1, 0.15) is 11.1 Å². The largest absolute Gasteiger partial charge is 0.369 e. The first-order valence-electron chi connectivity index (χ1n) is 7.20. The van der Waals surface area contributed by atoms with Crippen LogP contribution in [0.4, 0.5) is 5.69 Å². The summed E-state index contributed by atoms with van der Waals surface area (Å²) in [5.74, 6) is 0. The third-order valence-electron chi connectivity index (χ3n) is 3.95. The van der Waals surface area contributed by atoms with E-state index in [2.05, 4.69) is 32.8 Å². The van der Waals surface area contributed by atoms with Crippen LogP contribution in [-0.4, -0.2) is 41.0 Å². The molecule has 5 heteroatoms. The van der Waals surface area contributed by atoms with Crippen molar-refractivity contribution in [1.29, 1.82) is 0 Å². The monoisotopic (exact) mass is 302 g/mol. The van der Waals surface area contributed by atoms with E-state index in [1.165, 1.54) is 11.3 Å². The standard InChI is InChI=1S/C16H19ClN4/c1-13-10-18-5-3-16(13)21-8-6-20(7-9-21)12-14-2-4-19-11-15(14)17/h2-5,10-11H,6-9,12H2,1H3. The number of hydrogen-bond acceptors (Lipinski definition) is 4. The van der Waals surface area contributed by atoms with Gasteiger partial charge in [0.25, 0.3) is 0 Å². The minimum Gasteiger partial charge on any atom is -0.369 e. The quantitative estimate of drug-likeness (QED) is 0.873. The summed E-state index contributed by atoms with van der Waals surface area (Å²) < 4.78 is 0. The summed E-state index contributed by atoms with van der Waals surface area (Å²) in [5, 5.41) is 0.755. The van der Waals surface area contributed by atoms with Gasteiger partial charge in [-0.3, -0.25) is 14.9 Å². The molecule has 2 aromatic heterocycles. The Morgan fingerprint density at radius 1 is 1.05 bits per heavy atom. The van der Waals surface area contributed by atoms with Crippen LogP contribution in [0.3, 0.4) is 0 Å². The average molecular weight is 303 g/mol. The number of rotatable bonds is 3. The smallest absolute Gasteiger partial charge is 0.0634 e. The number of aryl methyl sites for hydroxylation is 1. The summed E-state index contributed by atoms with van der Waals surface area (Å²) in [7, 11) is 0. The van der Waals surface area contributed by atoms with E-state index in [-0.39, 0.29) is 0 Å². The van der Waals surface area contributed by atoms with Gasteiger partial charge in [-0.05, 0) is 30.2 Å². The number of anilines is 1. The summed E-state index contributed by atoms with van der Waals surface area (Å²) >= 11 is 6.18. The van der Waals surface area contributed by atoms with Gasteiger partial charge in [0.15, 0.2) is 0 Å². The van der Waals surface area contributed by atoms with E-state index < -0.39 is 0 Å². The molecule has 0 amide bonds. The van der Waals surface area contributed by atoms with Crippen molar-refractivity contribution in [2.75, 3.05) is 31.1 Å². The van der Waals surface area contributed by atoms with E-state index in [1.54, 1.807) is 12.4 Å². The van der Waals surface area contributed by atoms with Crippen LogP contribution in [-0.2, 0) is 6.54 Å². The van der Waals surface area contributed by atoms with Crippen molar-refractivity contribution in [3.05, 3.63) is 53.1 Å². The summed E-state index contributed by atoms with van der Waals surface area (Å²) in [6.07, 6.45) is 7.31. The second-order valence-electron chi connectivity index (χ2n) is 5.39. The maximum absolute atomic E-state index is 6.18. The predicted molar refractivity (Wildman–Crippen MR) is 85.7 cm³/mol. The Balaban J connectivity index is 1.61. The number of nitrogens with zero attached hydrogens (tertiary/aromatic N) is 4. The first-order valence-corrected chi connectivity index (χ1v) is 7.58. The van der Waals surface area contributed by atoms with E-state index in [0.29, 0.717) is 0 Å². The van der Waals surface area contributed by atoms with Crippen molar-refractivity contribution in [1.82, 2.24) is 14.9 Å². The molecular formula is C16H19ClN4. The number of halogens is 1. The zero-order chi connectivity index (χ0) is 14.7. The highest BCUT2D eigenvalue weighted by Crippen LogP contribution is 2.21. The van der Waals surface area contributed by atoms with Gasteiger partial charge >= 0.3 is 0 Å². The van der Waals surface area contributed by atoms with Crippen LogP contribution in [0.15, 0.2) is 36.9 Å². The third-order valence-corrected chi connectivity index (χ3v) is 4.29. The molecule has 0 bridgehead atoms. The zero-order valence-corrected chi connectivity index (χ0v) is 12.9. The fourth-order valence-corrected chi connectivity index (χ4v) is 2.92. The SMILES string of the molecule is Cc1cnccc1N1CCN(Cc2ccncc2Cl)CC1. The molecule has 1 aliphatic rings. The van der Waals surface area contributed by atoms with Gasteiger partial charge in [-0.1, -0.05) is 11.6 Å². The second-order valence-corrected chi connectivity index (χ2v) is 5.80. The fraction of sp³-hybridized carbons (Fsp3) is 0.375. The zero-order valence-electron chi connectivity index (χ0n) is 12.2. The van der Waals surface area contributed by atoms with Crippen LogP contribution < -0.4 is 4.90 Å². The lowest BCUT2D eigenvalue weighted by molar-refractivity contribution is 0.250. The Labute approximate surface area is 130 Å². The molecule has 0 saturated carbocycles. The summed E-state index contributed by atoms with van der Waals surface area (Å²) in [4.78, 5) is 13.1. The van der Waals surface area contributed by atoms with Crippen molar-refractivity contribution in [2.45, 2.75) is 13.5 Å². The molecule has 2 aromatic rings. The lowest BCUT2D eigenvalue weighted by atomic mass is 10.2. The van der Waals surface area contributed by atoms with Crippen LogP contribution in [0.25, 0.3) is 0 Å². The molecule has 1 saturated heterocycles. The minimum absolute atomic E-state index is 0.755. The molecule has 0 N–H and O–H groups in total. The van der Waals surface area contributed by atoms with E-state index in [9.17, 15) is 0 Å². The van der Waals surface area contributed by atoms with Crippen LogP contribution in [0.2, 0.25) is 5.02 Å². The summed E-state index contributed by atoms with van der Waals surface area (Å²) in [6, 6.07) is 4.10. The lowest BCUT2D eigenvalue weighted by Gasteiger charge is -2.36.